The summed E-state index contributed by atoms with van der Waals surface area (Å²) in [6, 6.07) is 15.2. The quantitative estimate of drug-likeness (QED) is 0.649. The van der Waals surface area contributed by atoms with Crippen LogP contribution < -0.4 is 4.90 Å². The van der Waals surface area contributed by atoms with E-state index in [2.05, 4.69) is 0 Å². The number of benzene rings is 2. The van der Waals surface area contributed by atoms with Gasteiger partial charge in [0.2, 0.25) is 0 Å². The summed E-state index contributed by atoms with van der Waals surface area (Å²) in [6.07, 6.45) is 5.39. The first-order valence-corrected chi connectivity index (χ1v) is 9.57. The average molecular weight is 399 g/mol. The number of anilines is 1. The molecule has 0 N–H and O–H groups in total. The van der Waals surface area contributed by atoms with E-state index in [1.165, 1.54) is 4.90 Å². The summed E-state index contributed by atoms with van der Waals surface area (Å²) >= 11 is 6.83. The lowest BCUT2D eigenvalue weighted by molar-refractivity contribution is -0.123. The fourth-order valence-corrected chi connectivity index (χ4v) is 3.47. The molecule has 2 aromatic rings. The second-order valence-corrected chi connectivity index (χ2v) is 7.69. The summed E-state index contributed by atoms with van der Waals surface area (Å²) in [5.41, 5.74) is 3.01. The number of allylic oxidation sites excluding steroid dienone is 2. The monoisotopic (exact) mass is 398 g/mol. The summed E-state index contributed by atoms with van der Waals surface area (Å²) in [7, 11) is 3.98. The molecule has 0 atom stereocenters. The van der Waals surface area contributed by atoms with Gasteiger partial charge < -0.3 is 4.90 Å². The lowest BCUT2D eigenvalue weighted by Gasteiger charge is -2.12. The molecule has 0 aromatic heterocycles. The fraction of sp³-hybridized carbons (Fsp3) is 0.143. The minimum absolute atomic E-state index is 0.245. The number of hydrogen-bond acceptors (Lipinski definition) is 4. The Morgan fingerprint density at radius 2 is 1.70 bits per heavy atom. The fourth-order valence-electron chi connectivity index (χ4n) is 2.55. The van der Waals surface area contributed by atoms with E-state index < -0.39 is 0 Å². The number of rotatable bonds is 5. The van der Waals surface area contributed by atoms with Crippen LogP contribution in [0.2, 0.25) is 5.02 Å². The molecule has 1 aliphatic rings. The van der Waals surface area contributed by atoms with E-state index in [0.717, 1.165) is 28.6 Å². The largest absolute Gasteiger partial charge is 0.378 e. The van der Waals surface area contributed by atoms with Gasteiger partial charge in [-0.25, -0.2) is 0 Å². The molecule has 0 saturated carbocycles. The molecule has 0 spiro atoms. The first kappa shape index (κ1) is 19.3. The Morgan fingerprint density at radius 1 is 1.04 bits per heavy atom. The van der Waals surface area contributed by atoms with Crippen LogP contribution in [0.4, 0.5) is 10.5 Å². The highest BCUT2D eigenvalue weighted by Crippen LogP contribution is 2.32. The van der Waals surface area contributed by atoms with E-state index in [1.807, 2.05) is 61.5 Å². The van der Waals surface area contributed by atoms with E-state index in [9.17, 15) is 9.59 Å². The Kier molecular flexibility index (Phi) is 6.04. The number of hydrogen-bond donors (Lipinski definition) is 0. The Hall–Kier alpha value is -2.50. The Balaban J connectivity index is 1.67. The van der Waals surface area contributed by atoms with Crippen molar-refractivity contribution in [2.24, 2.45) is 0 Å². The molecule has 27 heavy (non-hydrogen) atoms. The van der Waals surface area contributed by atoms with Crippen molar-refractivity contribution in [1.82, 2.24) is 4.90 Å². The van der Waals surface area contributed by atoms with E-state index in [1.54, 1.807) is 24.3 Å². The molecule has 0 bridgehead atoms. The van der Waals surface area contributed by atoms with Gasteiger partial charge in [-0.3, -0.25) is 14.5 Å². The molecule has 0 radical (unpaired) electrons. The molecule has 0 aliphatic carbocycles. The number of amides is 2. The highest BCUT2D eigenvalue weighted by Gasteiger charge is 2.34. The lowest BCUT2D eigenvalue weighted by Crippen LogP contribution is -2.27. The van der Waals surface area contributed by atoms with E-state index >= 15 is 0 Å². The standard InChI is InChI=1S/C21H19ClN2O2S/c1-23(2)18-12-8-15(9-13-18)4-3-5-19-20(25)24(21(26)27-19)14-16-6-10-17(22)11-7-16/h3-13H,14H2,1-2H3/b4-3+,19-5+. The Labute approximate surface area is 168 Å². The lowest BCUT2D eigenvalue weighted by atomic mass is 10.2. The second kappa shape index (κ2) is 8.46. The smallest absolute Gasteiger partial charge is 0.293 e. The third-order valence-corrected chi connectivity index (χ3v) is 5.25. The van der Waals surface area contributed by atoms with Gasteiger partial charge in [0.15, 0.2) is 0 Å². The number of halogens is 1. The molecule has 6 heteroatoms. The third kappa shape index (κ3) is 4.81. The van der Waals surface area contributed by atoms with Crippen LogP contribution in [0.3, 0.4) is 0 Å². The van der Waals surface area contributed by atoms with Crippen molar-refractivity contribution in [2.75, 3.05) is 19.0 Å². The summed E-state index contributed by atoms with van der Waals surface area (Å²) in [4.78, 5) is 28.4. The van der Waals surface area contributed by atoms with Crippen molar-refractivity contribution in [3.05, 3.63) is 81.7 Å². The van der Waals surface area contributed by atoms with Crippen LogP contribution in [0.25, 0.3) is 6.08 Å². The summed E-state index contributed by atoms with van der Waals surface area (Å²) in [5, 5.41) is 0.362. The van der Waals surface area contributed by atoms with Crippen LogP contribution in [-0.4, -0.2) is 30.1 Å². The average Bonchev–Trinajstić information content (AvgIpc) is 2.91. The number of imide groups is 1. The van der Waals surface area contributed by atoms with Crippen LogP contribution in [0.15, 0.2) is 65.6 Å². The molecule has 138 valence electrons. The molecule has 1 fully saturated rings. The SMILES string of the molecule is CN(C)c1ccc(/C=C/C=C2/SC(=O)N(Cc3ccc(Cl)cc3)C2=O)cc1. The van der Waals surface area contributed by atoms with E-state index in [0.29, 0.717) is 9.93 Å². The maximum Gasteiger partial charge on any atom is 0.293 e. The molecule has 1 saturated heterocycles. The molecule has 3 rings (SSSR count). The first-order valence-electron chi connectivity index (χ1n) is 8.38. The highest BCUT2D eigenvalue weighted by atomic mass is 35.5. The maximum atomic E-state index is 12.5. The van der Waals surface area contributed by atoms with Crippen molar-refractivity contribution in [2.45, 2.75) is 6.54 Å². The van der Waals surface area contributed by atoms with Gasteiger partial charge >= 0.3 is 0 Å². The first-order chi connectivity index (χ1) is 12.9. The topological polar surface area (TPSA) is 40.6 Å². The molecule has 0 unspecified atom stereocenters. The normalized spacial score (nSPS) is 16.0. The highest BCUT2D eigenvalue weighted by molar-refractivity contribution is 8.18. The van der Waals surface area contributed by atoms with Crippen LogP contribution in [-0.2, 0) is 11.3 Å². The second-order valence-electron chi connectivity index (χ2n) is 6.26. The Bertz CT molecular complexity index is 903. The van der Waals surface area contributed by atoms with Gasteiger partial charge in [-0.2, -0.15) is 0 Å². The van der Waals surface area contributed by atoms with Gasteiger partial charge in [-0.15, -0.1) is 0 Å². The van der Waals surface area contributed by atoms with Gasteiger partial charge in [-0.05, 0) is 53.2 Å². The number of nitrogens with zero attached hydrogens (tertiary/aromatic N) is 2. The van der Waals surface area contributed by atoms with E-state index in [4.69, 9.17) is 11.6 Å². The number of carbonyl (C=O) groups is 2. The van der Waals surface area contributed by atoms with Crippen LogP contribution in [0.1, 0.15) is 11.1 Å². The predicted molar refractivity (Wildman–Crippen MR) is 113 cm³/mol. The molecular weight excluding hydrogens is 380 g/mol. The van der Waals surface area contributed by atoms with Gasteiger partial charge in [0, 0.05) is 24.8 Å². The van der Waals surface area contributed by atoms with Gasteiger partial charge in [0.1, 0.15) is 0 Å². The summed E-state index contributed by atoms with van der Waals surface area (Å²) < 4.78 is 0. The van der Waals surface area contributed by atoms with Gasteiger partial charge in [-0.1, -0.05) is 48.0 Å². The molecule has 1 heterocycles. The molecule has 1 aliphatic heterocycles. The van der Waals surface area contributed by atoms with Crippen LogP contribution in [0.5, 0.6) is 0 Å². The van der Waals surface area contributed by atoms with Gasteiger partial charge in [0.05, 0.1) is 11.4 Å². The zero-order chi connectivity index (χ0) is 19.4. The van der Waals surface area contributed by atoms with Crippen molar-refractivity contribution in [3.63, 3.8) is 0 Å². The van der Waals surface area contributed by atoms with Crippen molar-refractivity contribution in [3.8, 4) is 0 Å². The van der Waals surface area contributed by atoms with Crippen molar-refractivity contribution >= 4 is 46.3 Å². The number of thioether (sulfide) groups is 1. The summed E-state index contributed by atoms with van der Waals surface area (Å²) in [6.45, 7) is 0.245. The zero-order valence-corrected chi connectivity index (χ0v) is 16.6. The predicted octanol–water partition coefficient (Wildman–Crippen LogP) is 5.20. The molecule has 2 amide bonds. The molecule has 4 nitrogen and oxygen atoms in total. The minimum Gasteiger partial charge on any atom is -0.378 e. The van der Waals surface area contributed by atoms with Crippen LogP contribution >= 0.6 is 23.4 Å². The molecular formula is C21H19ClN2O2S. The van der Waals surface area contributed by atoms with Gasteiger partial charge in [0.25, 0.3) is 11.1 Å². The number of carbonyl (C=O) groups excluding carboxylic acids is 2. The van der Waals surface area contributed by atoms with Crippen molar-refractivity contribution < 1.29 is 9.59 Å². The van der Waals surface area contributed by atoms with Crippen LogP contribution in [0, 0.1) is 0 Å². The van der Waals surface area contributed by atoms with Crippen molar-refractivity contribution in [1.29, 1.82) is 0 Å². The maximum absolute atomic E-state index is 12.5. The minimum atomic E-state index is -0.271. The zero-order valence-electron chi connectivity index (χ0n) is 15.1. The summed E-state index contributed by atoms with van der Waals surface area (Å²) in [5.74, 6) is -0.271. The third-order valence-electron chi connectivity index (χ3n) is 4.07. The Morgan fingerprint density at radius 3 is 2.33 bits per heavy atom. The molecule has 2 aromatic carbocycles. The van der Waals surface area contributed by atoms with E-state index in [-0.39, 0.29) is 17.7 Å².